The van der Waals surface area contributed by atoms with Crippen LogP contribution in [0, 0.1) is 0 Å². The molecule has 2 nitrogen and oxygen atoms in total. The standard InChI is InChI=1S/C67H45NO/c1-4-21-46(22-5-1)47-41-43-48(44-42-47)53-29-11-15-37-61(53)68(52-28-18-23-49(45-52)54-33-20-40-64-66(54)58-32-13-17-39-63(58)69-64)62-38-16-12-30-55(62)56-34-19-36-60-65(56)57-31-10-14-35-59(57)67(60,50-24-6-2-7-25-50)51-26-8-3-9-27-51/h1-45H. The predicted octanol–water partition coefficient (Wildman–Crippen LogP) is 18.1. The molecule has 0 fully saturated rings. The van der Waals surface area contributed by atoms with Gasteiger partial charge < -0.3 is 9.32 Å². The summed E-state index contributed by atoms with van der Waals surface area (Å²) in [6, 6.07) is 99.4. The molecule has 0 N–H and O–H groups in total. The molecule has 0 atom stereocenters. The average Bonchev–Trinajstić information content (AvgIpc) is 3.97. The van der Waals surface area contributed by atoms with Gasteiger partial charge in [0.1, 0.15) is 11.2 Å². The minimum absolute atomic E-state index is 0.524. The van der Waals surface area contributed by atoms with Gasteiger partial charge in [0.15, 0.2) is 0 Å². The lowest BCUT2D eigenvalue weighted by molar-refractivity contribution is 0.669. The van der Waals surface area contributed by atoms with Crippen LogP contribution in [0.1, 0.15) is 22.3 Å². The first-order chi connectivity index (χ1) is 34.3. The van der Waals surface area contributed by atoms with E-state index in [0.717, 1.165) is 66.8 Å². The van der Waals surface area contributed by atoms with Crippen molar-refractivity contribution >= 4 is 39.0 Å². The van der Waals surface area contributed by atoms with E-state index in [-0.39, 0.29) is 0 Å². The molecule has 13 rings (SSSR count). The van der Waals surface area contributed by atoms with Crippen LogP contribution in [-0.2, 0) is 5.41 Å². The smallest absolute Gasteiger partial charge is 0.136 e. The second-order valence-electron chi connectivity index (χ2n) is 17.9. The van der Waals surface area contributed by atoms with Crippen molar-refractivity contribution in [1.82, 2.24) is 0 Å². The van der Waals surface area contributed by atoms with Gasteiger partial charge in [-0.3, -0.25) is 0 Å². The maximum absolute atomic E-state index is 6.42. The number of hydrogen-bond acceptors (Lipinski definition) is 2. The normalized spacial score (nSPS) is 12.5. The molecule has 0 aliphatic heterocycles. The third kappa shape index (κ3) is 6.56. The highest BCUT2D eigenvalue weighted by Crippen LogP contribution is 2.59. The molecule has 12 aromatic rings. The number of anilines is 3. The first-order valence-corrected chi connectivity index (χ1v) is 23.8. The Labute approximate surface area is 402 Å². The van der Waals surface area contributed by atoms with Crippen LogP contribution in [0.5, 0.6) is 0 Å². The van der Waals surface area contributed by atoms with Gasteiger partial charge in [-0.1, -0.05) is 237 Å². The van der Waals surface area contributed by atoms with Crippen molar-refractivity contribution in [3.63, 3.8) is 0 Å². The Morgan fingerprint density at radius 2 is 0.797 bits per heavy atom. The number of para-hydroxylation sites is 3. The zero-order valence-electron chi connectivity index (χ0n) is 37.8. The highest BCUT2D eigenvalue weighted by Gasteiger charge is 2.47. The number of nitrogens with zero attached hydrogens (tertiary/aromatic N) is 1. The van der Waals surface area contributed by atoms with Crippen LogP contribution < -0.4 is 4.90 Å². The lowest BCUT2D eigenvalue weighted by Crippen LogP contribution is -2.28. The molecule has 1 aromatic heterocycles. The fourth-order valence-electron chi connectivity index (χ4n) is 11.2. The van der Waals surface area contributed by atoms with Crippen LogP contribution in [0.4, 0.5) is 17.1 Å². The first kappa shape index (κ1) is 40.3. The average molecular weight is 880 g/mol. The number of rotatable bonds is 9. The molecule has 0 saturated heterocycles. The molecule has 0 saturated carbocycles. The Bertz CT molecular complexity index is 3790. The van der Waals surface area contributed by atoms with E-state index < -0.39 is 5.41 Å². The fraction of sp³-hybridized carbons (Fsp3) is 0.0149. The largest absolute Gasteiger partial charge is 0.456 e. The molecule has 324 valence electrons. The Balaban J connectivity index is 1.06. The van der Waals surface area contributed by atoms with Crippen molar-refractivity contribution in [3.05, 3.63) is 295 Å². The van der Waals surface area contributed by atoms with E-state index in [0.29, 0.717) is 0 Å². The molecule has 1 aliphatic carbocycles. The van der Waals surface area contributed by atoms with Gasteiger partial charge in [-0.25, -0.2) is 0 Å². The molecule has 0 unspecified atom stereocenters. The minimum Gasteiger partial charge on any atom is -0.456 e. The van der Waals surface area contributed by atoms with Crippen LogP contribution in [0.2, 0.25) is 0 Å². The van der Waals surface area contributed by atoms with E-state index in [1.54, 1.807) is 0 Å². The molecule has 1 aliphatic rings. The van der Waals surface area contributed by atoms with Crippen molar-refractivity contribution in [2.24, 2.45) is 0 Å². The lowest BCUT2D eigenvalue weighted by atomic mass is 9.67. The van der Waals surface area contributed by atoms with Crippen LogP contribution in [-0.4, -0.2) is 0 Å². The van der Waals surface area contributed by atoms with Crippen LogP contribution in [0.3, 0.4) is 0 Å². The molecule has 0 spiro atoms. The summed E-state index contributed by atoms with van der Waals surface area (Å²) in [4.78, 5) is 2.48. The van der Waals surface area contributed by atoms with Gasteiger partial charge in [0.25, 0.3) is 0 Å². The van der Waals surface area contributed by atoms with Crippen LogP contribution in [0.15, 0.2) is 277 Å². The second-order valence-corrected chi connectivity index (χ2v) is 17.9. The maximum Gasteiger partial charge on any atom is 0.136 e. The molecular weight excluding hydrogens is 835 g/mol. The van der Waals surface area contributed by atoms with Crippen molar-refractivity contribution in [3.8, 4) is 55.6 Å². The molecule has 0 radical (unpaired) electrons. The summed E-state index contributed by atoms with van der Waals surface area (Å²) in [5.74, 6) is 0. The van der Waals surface area contributed by atoms with Crippen molar-refractivity contribution in [1.29, 1.82) is 0 Å². The predicted molar refractivity (Wildman–Crippen MR) is 287 cm³/mol. The second kappa shape index (κ2) is 16.7. The number of hydrogen-bond donors (Lipinski definition) is 0. The molecule has 69 heavy (non-hydrogen) atoms. The summed E-state index contributed by atoms with van der Waals surface area (Å²) in [6.07, 6.45) is 0. The van der Waals surface area contributed by atoms with Crippen molar-refractivity contribution in [2.75, 3.05) is 4.90 Å². The van der Waals surface area contributed by atoms with E-state index in [9.17, 15) is 0 Å². The van der Waals surface area contributed by atoms with E-state index in [4.69, 9.17) is 4.42 Å². The Kier molecular flexibility index (Phi) is 9.77. The van der Waals surface area contributed by atoms with Crippen LogP contribution in [0.25, 0.3) is 77.6 Å². The SMILES string of the molecule is c1ccc(-c2ccc(-c3ccccc3N(c3cccc(-c4cccc5oc6ccccc6c45)c3)c3ccccc3-c3cccc4c3-c3ccccc3C4(c3ccccc3)c3ccccc3)cc2)cc1. The summed E-state index contributed by atoms with van der Waals surface area (Å²) in [5.41, 5.74) is 21.3. The van der Waals surface area contributed by atoms with Crippen molar-refractivity contribution < 1.29 is 4.42 Å². The summed E-state index contributed by atoms with van der Waals surface area (Å²) >= 11 is 0. The molecule has 11 aromatic carbocycles. The van der Waals surface area contributed by atoms with Gasteiger partial charge in [-0.05, 0) is 103 Å². The summed E-state index contributed by atoms with van der Waals surface area (Å²) < 4.78 is 6.42. The zero-order chi connectivity index (χ0) is 45.7. The minimum atomic E-state index is -0.524. The van der Waals surface area contributed by atoms with Gasteiger partial charge >= 0.3 is 0 Å². The number of fused-ring (bicyclic) bond motifs is 6. The molecule has 1 heterocycles. The topological polar surface area (TPSA) is 16.4 Å². The molecule has 2 heteroatoms. The molecule has 0 amide bonds. The van der Waals surface area contributed by atoms with E-state index in [2.05, 4.69) is 272 Å². The number of furan rings is 1. The Morgan fingerprint density at radius 1 is 0.304 bits per heavy atom. The summed E-state index contributed by atoms with van der Waals surface area (Å²) in [6.45, 7) is 0. The maximum atomic E-state index is 6.42. The zero-order valence-corrected chi connectivity index (χ0v) is 37.8. The van der Waals surface area contributed by atoms with E-state index in [1.165, 1.54) is 50.1 Å². The van der Waals surface area contributed by atoms with Gasteiger partial charge in [-0.2, -0.15) is 0 Å². The molecule has 0 bridgehead atoms. The van der Waals surface area contributed by atoms with Gasteiger partial charge in [-0.15, -0.1) is 0 Å². The first-order valence-electron chi connectivity index (χ1n) is 23.8. The van der Waals surface area contributed by atoms with Gasteiger partial charge in [0, 0.05) is 27.6 Å². The fourth-order valence-corrected chi connectivity index (χ4v) is 11.2. The quantitative estimate of drug-likeness (QED) is 0.144. The summed E-state index contributed by atoms with van der Waals surface area (Å²) in [7, 11) is 0. The van der Waals surface area contributed by atoms with Crippen molar-refractivity contribution in [2.45, 2.75) is 5.41 Å². The summed E-state index contributed by atoms with van der Waals surface area (Å²) in [5, 5.41) is 2.23. The lowest BCUT2D eigenvalue weighted by Gasteiger charge is -2.34. The van der Waals surface area contributed by atoms with E-state index >= 15 is 0 Å². The Morgan fingerprint density at radius 3 is 1.55 bits per heavy atom. The van der Waals surface area contributed by atoms with E-state index in [1.807, 2.05) is 6.07 Å². The Hall–Kier alpha value is -8.98. The third-order valence-corrected chi connectivity index (χ3v) is 14.2. The van der Waals surface area contributed by atoms with Crippen LogP contribution >= 0.6 is 0 Å². The highest BCUT2D eigenvalue weighted by molar-refractivity contribution is 6.12. The third-order valence-electron chi connectivity index (χ3n) is 14.2. The van der Waals surface area contributed by atoms with Gasteiger partial charge in [0.2, 0.25) is 0 Å². The highest BCUT2D eigenvalue weighted by atomic mass is 16.3. The monoisotopic (exact) mass is 879 g/mol. The number of benzene rings is 11. The van der Waals surface area contributed by atoms with Gasteiger partial charge in [0.05, 0.1) is 16.8 Å². The molecular formula is C67H45NO.